The molecule has 1 N–H and O–H groups in total. The largest absolute Gasteiger partial charge is 0.343 e. The van der Waals surface area contributed by atoms with Gasteiger partial charge in [-0.3, -0.25) is 9.59 Å². The standard InChI is InChI=1S/C28H25ClN2O2/c1-18-8-7-11-24(16-18)30-28(33)27(32)26-20(3)31(17-21-12-14-23(29)15-13-21)19(2)25(26)22-9-5-4-6-10-22/h4-16H,17H2,1-3H3,(H,30,33). The minimum atomic E-state index is -0.649. The second-order valence-corrected chi connectivity index (χ2v) is 8.59. The summed E-state index contributed by atoms with van der Waals surface area (Å²) in [6.07, 6.45) is 0. The number of nitrogens with zero attached hydrogens (tertiary/aromatic N) is 1. The van der Waals surface area contributed by atoms with Crippen molar-refractivity contribution >= 4 is 29.0 Å². The molecule has 4 nitrogen and oxygen atoms in total. The maximum absolute atomic E-state index is 13.5. The fourth-order valence-corrected chi connectivity index (χ4v) is 4.28. The van der Waals surface area contributed by atoms with E-state index in [1.807, 2.05) is 93.6 Å². The smallest absolute Gasteiger partial charge is 0.296 e. The number of Topliss-reactive ketones (excluding diaryl/α,β-unsaturated/α-hetero) is 1. The molecule has 0 radical (unpaired) electrons. The molecule has 0 unspecified atom stereocenters. The molecule has 1 aromatic heterocycles. The molecule has 0 atom stereocenters. The van der Waals surface area contributed by atoms with Crippen LogP contribution in [-0.4, -0.2) is 16.3 Å². The van der Waals surface area contributed by atoms with Gasteiger partial charge in [-0.25, -0.2) is 0 Å². The summed E-state index contributed by atoms with van der Waals surface area (Å²) >= 11 is 6.04. The molecular formula is C28H25ClN2O2. The molecule has 0 aliphatic rings. The molecule has 0 saturated carbocycles. The third-order valence-electron chi connectivity index (χ3n) is 5.81. The lowest BCUT2D eigenvalue weighted by Gasteiger charge is -2.10. The Bertz CT molecular complexity index is 1320. The molecule has 0 fully saturated rings. The number of anilines is 1. The fraction of sp³-hybridized carbons (Fsp3) is 0.143. The Kier molecular flexibility index (Phi) is 6.47. The number of rotatable bonds is 6. The third kappa shape index (κ3) is 4.76. The number of carbonyl (C=O) groups excluding carboxylic acids is 2. The van der Waals surface area contributed by atoms with E-state index in [4.69, 9.17) is 11.6 Å². The number of nitrogens with one attached hydrogen (secondary N) is 1. The molecule has 166 valence electrons. The van der Waals surface area contributed by atoms with Gasteiger partial charge >= 0.3 is 0 Å². The summed E-state index contributed by atoms with van der Waals surface area (Å²) in [5.74, 6) is -1.20. The second-order valence-electron chi connectivity index (χ2n) is 8.15. The van der Waals surface area contributed by atoms with Gasteiger partial charge in [0.25, 0.3) is 11.7 Å². The second kappa shape index (κ2) is 9.47. The first kappa shape index (κ1) is 22.6. The highest BCUT2D eigenvalue weighted by Crippen LogP contribution is 2.33. The number of carbonyl (C=O) groups is 2. The summed E-state index contributed by atoms with van der Waals surface area (Å²) in [5.41, 5.74) is 6.47. The average molecular weight is 457 g/mol. The lowest BCUT2D eigenvalue weighted by Crippen LogP contribution is -2.24. The molecule has 0 aliphatic carbocycles. The molecule has 3 aromatic carbocycles. The van der Waals surface area contributed by atoms with Crippen molar-refractivity contribution in [2.45, 2.75) is 27.3 Å². The van der Waals surface area contributed by atoms with Gasteiger partial charge in [0, 0.05) is 34.2 Å². The van der Waals surface area contributed by atoms with E-state index >= 15 is 0 Å². The first-order valence-electron chi connectivity index (χ1n) is 10.8. The topological polar surface area (TPSA) is 51.1 Å². The van der Waals surface area contributed by atoms with E-state index in [2.05, 4.69) is 9.88 Å². The van der Waals surface area contributed by atoms with E-state index in [0.29, 0.717) is 22.8 Å². The van der Waals surface area contributed by atoms with Gasteiger partial charge in [0.15, 0.2) is 0 Å². The van der Waals surface area contributed by atoms with Gasteiger partial charge in [0.2, 0.25) is 0 Å². The fourth-order valence-electron chi connectivity index (χ4n) is 4.15. The van der Waals surface area contributed by atoms with Gasteiger partial charge in [-0.1, -0.05) is 66.2 Å². The van der Waals surface area contributed by atoms with Crippen LogP contribution in [-0.2, 0) is 11.3 Å². The van der Waals surface area contributed by atoms with Crippen LogP contribution in [0.2, 0.25) is 5.02 Å². The Morgan fingerprint density at radius 1 is 0.848 bits per heavy atom. The summed E-state index contributed by atoms with van der Waals surface area (Å²) in [4.78, 5) is 26.5. The Labute approximate surface area is 198 Å². The number of aromatic nitrogens is 1. The van der Waals surface area contributed by atoms with Crippen molar-refractivity contribution in [3.8, 4) is 11.1 Å². The van der Waals surface area contributed by atoms with Crippen LogP contribution >= 0.6 is 11.6 Å². The van der Waals surface area contributed by atoms with Crippen molar-refractivity contribution in [3.05, 3.63) is 112 Å². The lowest BCUT2D eigenvalue weighted by molar-refractivity contribution is -0.112. The van der Waals surface area contributed by atoms with Crippen LogP contribution in [0.4, 0.5) is 5.69 Å². The number of halogens is 1. The van der Waals surface area contributed by atoms with E-state index < -0.39 is 11.7 Å². The molecule has 0 spiro atoms. The van der Waals surface area contributed by atoms with Gasteiger partial charge in [0.1, 0.15) is 0 Å². The van der Waals surface area contributed by atoms with Crippen molar-refractivity contribution < 1.29 is 9.59 Å². The molecule has 4 rings (SSSR count). The normalized spacial score (nSPS) is 10.8. The predicted molar refractivity (Wildman–Crippen MR) is 134 cm³/mol. The molecule has 33 heavy (non-hydrogen) atoms. The van der Waals surface area contributed by atoms with Gasteiger partial charge < -0.3 is 9.88 Å². The zero-order chi connectivity index (χ0) is 23.5. The maximum Gasteiger partial charge on any atom is 0.296 e. The highest BCUT2D eigenvalue weighted by atomic mass is 35.5. The molecule has 5 heteroatoms. The highest BCUT2D eigenvalue weighted by molar-refractivity contribution is 6.48. The van der Waals surface area contributed by atoms with Crippen LogP contribution < -0.4 is 5.32 Å². The van der Waals surface area contributed by atoms with Crippen LogP contribution in [0, 0.1) is 20.8 Å². The zero-order valence-electron chi connectivity index (χ0n) is 18.9. The van der Waals surface area contributed by atoms with Crippen molar-refractivity contribution in [3.63, 3.8) is 0 Å². The van der Waals surface area contributed by atoms with Crippen molar-refractivity contribution in [2.75, 3.05) is 5.32 Å². The molecule has 0 saturated heterocycles. The van der Waals surface area contributed by atoms with Gasteiger partial charge in [0.05, 0.1) is 5.56 Å². The van der Waals surface area contributed by atoms with E-state index in [9.17, 15) is 9.59 Å². The number of ketones is 1. The number of hydrogen-bond acceptors (Lipinski definition) is 2. The summed E-state index contributed by atoms with van der Waals surface area (Å²) in [7, 11) is 0. The van der Waals surface area contributed by atoms with Crippen LogP contribution in [0.3, 0.4) is 0 Å². The SMILES string of the molecule is Cc1cccc(NC(=O)C(=O)c2c(-c3ccccc3)c(C)n(Cc3ccc(Cl)cc3)c2C)c1. The van der Waals surface area contributed by atoms with Crippen molar-refractivity contribution in [1.29, 1.82) is 0 Å². The number of hydrogen-bond donors (Lipinski definition) is 1. The Morgan fingerprint density at radius 2 is 1.55 bits per heavy atom. The lowest BCUT2D eigenvalue weighted by atomic mass is 9.97. The summed E-state index contributed by atoms with van der Waals surface area (Å²) in [6.45, 7) is 6.39. The molecule has 4 aromatic rings. The van der Waals surface area contributed by atoms with E-state index in [1.165, 1.54) is 0 Å². The first-order chi connectivity index (χ1) is 15.8. The monoisotopic (exact) mass is 456 g/mol. The molecule has 0 aliphatic heterocycles. The zero-order valence-corrected chi connectivity index (χ0v) is 19.6. The van der Waals surface area contributed by atoms with Crippen LogP contribution in [0.1, 0.15) is 32.9 Å². The van der Waals surface area contributed by atoms with E-state index in [0.717, 1.165) is 33.6 Å². The van der Waals surface area contributed by atoms with Crippen molar-refractivity contribution in [2.24, 2.45) is 0 Å². The summed E-state index contributed by atoms with van der Waals surface area (Å²) in [5, 5.41) is 3.43. The number of aryl methyl sites for hydroxylation is 1. The summed E-state index contributed by atoms with van der Waals surface area (Å²) in [6, 6.07) is 24.8. The minimum Gasteiger partial charge on any atom is -0.343 e. The van der Waals surface area contributed by atoms with Crippen LogP contribution in [0.25, 0.3) is 11.1 Å². The van der Waals surface area contributed by atoms with Gasteiger partial charge in [-0.05, 0) is 61.7 Å². The van der Waals surface area contributed by atoms with Crippen molar-refractivity contribution in [1.82, 2.24) is 4.57 Å². The first-order valence-corrected chi connectivity index (χ1v) is 11.1. The third-order valence-corrected chi connectivity index (χ3v) is 6.06. The number of amides is 1. The quantitative estimate of drug-likeness (QED) is 0.262. The van der Waals surface area contributed by atoms with Crippen LogP contribution in [0.5, 0.6) is 0 Å². The van der Waals surface area contributed by atoms with Gasteiger partial charge in [-0.15, -0.1) is 0 Å². The Morgan fingerprint density at radius 3 is 2.21 bits per heavy atom. The predicted octanol–water partition coefficient (Wildman–Crippen LogP) is 6.60. The minimum absolute atomic E-state index is 0.429. The Hall–Kier alpha value is -3.63. The summed E-state index contributed by atoms with van der Waals surface area (Å²) < 4.78 is 2.08. The highest BCUT2D eigenvalue weighted by Gasteiger charge is 2.28. The molecule has 1 amide bonds. The van der Waals surface area contributed by atoms with E-state index in [1.54, 1.807) is 6.07 Å². The van der Waals surface area contributed by atoms with Gasteiger partial charge in [-0.2, -0.15) is 0 Å². The van der Waals surface area contributed by atoms with E-state index in [-0.39, 0.29) is 0 Å². The molecule has 0 bridgehead atoms. The van der Waals surface area contributed by atoms with Crippen LogP contribution in [0.15, 0.2) is 78.9 Å². The molecular weight excluding hydrogens is 432 g/mol. The molecule has 1 heterocycles. The maximum atomic E-state index is 13.5. The number of benzene rings is 3. The Balaban J connectivity index is 1.77. The average Bonchev–Trinajstić information content (AvgIpc) is 3.05.